The maximum Gasteiger partial charge on any atom is 0.416 e. The van der Waals surface area contributed by atoms with E-state index < -0.39 is 11.7 Å². The third kappa shape index (κ3) is 2.29. The van der Waals surface area contributed by atoms with Gasteiger partial charge in [-0.2, -0.15) is 18.3 Å². The van der Waals surface area contributed by atoms with E-state index in [0.29, 0.717) is 5.56 Å². The zero-order valence-corrected chi connectivity index (χ0v) is 11.3. The van der Waals surface area contributed by atoms with E-state index in [0.717, 1.165) is 28.0 Å². The second-order valence-corrected chi connectivity index (χ2v) is 4.74. The number of halogens is 4. The molecule has 0 N–H and O–H groups in total. The highest BCUT2D eigenvalue weighted by molar-refractivity contribution is 9.10. The van der Waals surface area contributed by atoms with Crippen LogP contribution < -0.4 is 0 Å². The zero-order valence-electron chi connectivity index (χ0n) is 9.72. The second-order valence-electron chi connectivity index (χ2n) is 3.95. The number of hydrogen-bond donors (Lipinski definition) is 0. The molecule has 96 valence electrons. The van der Waals surface area contributed by atoms with Crippen molar-refractivity contribution >= 4 is 15.9 Å². The van der Waals surface area contributed by atoms with Crippen LogP contribution in [0.2, 0.25) is 0 Å². The summed E-state index contributed by atoms with van der Waals surface area (Å²) in [6, 6.07) is 5.04. The fourth-order valence-electron chi connectivity index (χ4n) is 1.76. The summed E-state index contributed by atoms with van der Waals surface area (Å²) >= 11 is 3.39. The fourth-order valence-corrected chi connectivity index (χ4v) is 2.33. The largest absolute Gasteiger partial charge is 0.416 e. The minimum atomic E-state index is -4.31. The van der Waals surface area contributed by atoms with E-state index in [-0.39, 0.29) is 0 Å². The lowest BCUT2D eigenvalue weighted by Gasteiger charge is -2.08. The molecule has 0 saturated carbocycles. The first-order chi connectivity index (χ1) is 8.30. The molecule has 0 aliphatic carbocycles. The summed E-state index contributed by atoms with van der Waals surface area (Å²) in [5.41, 5.74) is 1.60. The van der Waals surface area contributed by atoms with Gasteiger partial charge < -0.3 is 0 Å². The molecule has 0 atom stereocenters. The molecule has 6 heteroatoms. The van der Waals surface area contributed by atoms with Crippen LogP contribution >= 0.6 is 15.9 Å². The van der Waals surface area contributed by atoms with Crippen LogP contribution in [0.15, 0.2) is 28.7 Å². The maximum absolute atomic E-state index is 12.5. The van der Waals surface area contributed by atoms with Crippen molar-refractivity contribution in [3.05, 3.63) is 40.0 Å². The molecule has 1 aromatic carbocycles. The van der Waals surface area contributed by atoms with Gasteiger partial charge in [-0.1, -0.05) is 12.1 Å². The Morgan fingerprint density at radius 1 is 1.17 bits per heavy atom. The van der Waals surface area contributed by atoms with Gasteiger partial charge in [0, 0.05) is 12.6 Å². The Morgan fingerprint density at radius 2 is 1.72 bits per heavy atom. The first-order valence-corrected chi connectivity index (χ1v) is 5.96. The van der Waals surface area contributed by atoms with Crippen LogP contribution in [0.5, 0.6) is 0 Å². The molecule has 0 radical (unpaired) electrons. The van der Waals surface area contributed by atoms with Crippen molar-refractivity contribution in [3.8, 4) is 11.3 Å². The highest BCUT2D eigenvalue weighted by Gasteiger charge is 2.30. The van der Waals surface area contributed by atoms with Crippen LogP contribution in [0.25, 0.3) is 11.3 Å². The normalized spacial score (nSPS) is 11.9. The van der Waals surface area contributed by atoms with Crippen LogP contribution in [0.3, 0.4) is 0 Å². The van der Waals surface area contributed by atoms with Crippen LogP contribution in [-0.4, -0.2) is 9.78 Å². The molecule has 0 fully saturated rings. The van der Waals surface area contributed by atoms with Gasteiger partial charge in [0.05, 0.1) is 21.4 Å². The highest BCUT2D eigenvalue weighted by Crippen LogP contribution is 2.33. The third-order valence-corrected chi connectivity index (χ3v) is 3.58. The molecule has 1 heterocycles. The van der Waals surface area contributed by atoms with Gasteiger partial charge in [0.25, 0.3) is 0 Å². The van der Waals surface area contributed by atoms with Crippen molar-refractivity contribution in [2.45, 2.75) is 13.1 Å². The predicted molar refractivity (Wildman–Crippen MR) is 66.1 cm³/mol. The quantitative estimate of drug-likeness (QED) is 0.771. The second kappa shape index (κ2) is 4.42. The molecule has 1 aromatic heterocycles. The van der Waals surface area contributed by atoms with Crippen molar-refractivity contribution in [3.63, 3.8) is 0 Å². The van der Waals surface area contributed by atoms with Gasteiger partial charge in [-0.15, -0.1) is 0 Å². The van der Waals surface area contributed by atoms with Crippen molar-refractivity contribution in [2.75, 3.05) is 0 Å². The molecule has 0 aliphatic rings. The predicted octanol–water partition coefficient (Wildman–Crippen LogP) is 4.18. The molecule has 0 aliphatic heterocycles. The summed E-state index contributed by atoms with van der Waals surface area (Å²) in [4.78, 5) is 0. The monoisotopic (exact) mass is 318 g/mol. The molecule has 0 amide bonds. The average molecular weight is 319 g/mol. The number of nitrogens with zero attached hydrogens (tertiary/aromatic N) is 2. The van der Waals surface area contributed by atoms with Crippen LogP contribution in [0, 0.1) is 6.92 Å². The van der Waals surface area contributed by atoms with Gasteiger partial charge in [-0.25, -0.2) is 0 Å². The maximum atomic E-state index is 12.5. The molecular weight excluding hydrogens is 309 g/mol. The SMILES string of the molecule is Cc1nn(C)c(-c2ccc(C(F)(F)F)cc2)c1Br. The van der Waals surface area contributed by atoms with Crippen molar-refractivity contribution < 1.29 is 13.2 Å². The van der Waals surface area contributed by atoms with Crippen LogP contribution in [0.4, 0.5) is 13.2 Å². The molecule has 0 bridgehead atoms. The summed E-state index contributed by atoms with van der Waals surface area (Å²) in [5, 5.41) is 4.21. The first-order valence-electron chi connectivity index (χ1n) is 5.17. The zero-order chi connectivity index (χ0) is 13.5. The molecule has 0 saturated heterocycles. The molecule has 2 nitrogen and oxygen atoms in total. The van der Waals surface area contributed by atoms with Crippen LogP contribution in [0.1, 0.15) is 11.3 Å². The van der Waals surface area contributed by atoms with E-state index in [1.54, 1.807) is 11.7 Å². The Morgan fingerprint density at radius 3 is 2.11 bits per heavy atom. The Hall–Kier alpha value is -1.30. The van der Waals surface area contributed by atoms with E-state index in [1.165, 1.54) is 12.1 Å². The lowest BCUT2D eigenvalue weighted by atomic mass is 10.1. The summed E-state index contributed by atoms with van der Waals surface area (Å²) in [5.74, 6) is 0. The van der Waals surface area contributed by atoms with Gasteiger partial charge in [-0.05, 0) is 35.0 Å². The smallest absolute Gasteiger partial charge is 0.266 e. The van der Waals surface area contributed by atoms with Gasteiger partial charge in [0.1, 0.15) is 0 Å². The minimum absolute atomic E-state index is 0.652. The first kappa shape index (κ1) is 13.1. The van der Waals surface area contributed by atoms with Crippen LogP contribution in [-0.2, 0) is 13.2 Å². The van der Waals surface area contributed by atoms with Crippen molar-refractivity contribution in [2.24, 2.45) is 7.05 Å². The Bertz CT molecular complexity index is 570. The van der Waals surface area contributed by atoms with E-state index in [9.17, 15) is 13.2 Å². The lowest BCUT2D eigenvalue weighted by molar-refractivity contribution is -0.137. The number of benzene rings is 1. The summed E-state index contributed by atoms with van der Waals surface area (Å²) in [6.45, 7) is 1.83. The van der Waals surface area contributed by atoms with E-state index in [1.807, 2.05) is 6.92 Å². The molecule has 18 heavy (non-hydrogen) atoms. The van der Waals surface area contributed by atoms with E-state index >= 15 is 0 Å². The number of rotatable bonds is 1. The molecule has 2 aromatic rings. The van der Waals surface area contributed by atoms with Gasteiger partial charge >= 0.3 is 6.18 Å². The number of hydrogen-bond acceptors (Lipinski definition) is 1. The topological polar surface area (TPSA) is 17.8 Å². The highest BCUT2D eigenvalue weighted by atomic mass is 79.9. The number of alkyl halides is 3. The Balaban J connectivity index is 2.47. The molecule has 0 unspecified atom stereocenters. The fraction of sp³-hybridized carbons (Fsp3) is 0.250. The molecular formula is C12H10BrF3N2. The number of aryl methyl sites for hydroxylation is 2. The summed E-state index contributed by atoms with van der Waals surface area (Å²) < 4.78 is 39.8. The molecule has 2 rings (SSSR count). The summed E-state index contributed by atoms with van der Waals surface area (Å²) in [7, 11) is 1.75. The molecule has 0 spiro atoms. The lowest BCUT2D eigenvalue weighted by Crippen LogP contribution is -2.04. The standard InChI is InChI=1S/C12H10BrF3N2/c1-7-10(13)11(18(2)17-7)8-3-5-9(6-4-8)12(14,15)16/h3-6H,1-2H3. The number of aromatic nitrogens is 2. The average Bonchev–Trinajstić information content (AvgIpc) is 2.52. The van der Waals surface area contributed by atoms with Gasteiger partial charge in [0.2, 0.25) is 0 Å². The van der Waals surface area contributed by atoms with E-state index in [2.05, 4.69) is 21.0 Å². The van der Waals surface area contributed by atoms with Crippen molar-refractivity contribution in [1.29, 1.82) is 0 Å². The summed E-state index contributed by atoms with van der Waals surface area (Å²) in [6.07, 6.45) is -4.31. The van der Waals surface area contributed by atoms with Crippen molar-refractivity contribution in [1.82, 2.24) is 9.78 Å². The third-order valence-electron chi connectivity index (χ3n) is 2.63. The Kier molecular flexibility index (Phi) is 3.23. The minimum Gasteiger partial charge on any atom is -0.266 e. The van der Waals surface area contributed by atoms with E-state index in [4.69, 9.17) is 0 Å². The Labute approximate surface area is 111 Å². The van der Waals surface area contributed by atoms with Gasteiger partial charge in [-0.3, -0.25) is 4.68 Å². The van der Waals surface area contributed by atoms with Gasteiger partial charge in [0.15, 0.2) is 0 Å².